The Hall–Kier alpha value is -1.06. The molecule has 0 bridgehead atoms. The van der Waals surface area contributed by atoms with Gasteiger partial charge in [0.2, 0.25) is 5.91 Å². The minimum Gasteiger partial charge on any atom is -0.354 e. The third kappa shape index (κ3) is 6.40. The molecule has 1 aromatic carbocycles. The number of hydrogen-bond acceptors (Lipinski definition) is 2. The summed E-state index contributed by atoms with van der Waals surface area (Å²) < 4.78 is 0. The molecule has 114 valence electrons. The van der Waals surface area contributed by atoms with E-state index in [2.05, 4.69) is 33.0 Å². The van der Waals surface area contributed by atoms with Crippen molar-refractivity contribution < 1.29 is 4.79 Å². The van der Waals surface area contributed by atoms with Crippen LogP contribution < -0.4 is 11.1 Å². The topological polar surface area (TPSA) is 55.1 Å². The van der Waals surface area contributed by atoms with Crippen LogP contribution in [0.2, 0.25) is 0 Å². The highest BCUT2D eigenvalue weighted by molar-refractivity contribution is 5.85. The highest BCUT2D eigenvalue weighted by Gasteiger charge is 2.22. The first-order valence-corrected chi connectivity index (χ1v) is 6.90. The average molecular weight is 299 g/mol. The first kappa shape index (κ1) is 18.9. The molecule has 1 rings (SSSR count). The lowest BCUT2D eigenvalue weighted by Crippen LogP contribution is -2.40. The van der Waals surface area contributed by atoms with Crippen LogP contribution in [0.4, 0.5) is 0 Å². The van der Waals surface area contributed by atoms with Crippen molar-refractivity contribution in [3.05, 3.63) is 35.9 Å². The van der Waals surface area contributed by atoms with E-state index in [9.17, 15) is 4.79 Å². The number of rotatable bonds is 6. The van der Waals surface area contributed by atoms with E-state index in [1.54, 1.807) is 0 Å². The fourth-order valence-corrected chi connectivity index (χ4v) is 2.43. The van der Waals surface area contributed by atoms with Crippen LogP contribution in [0.3, 0.4) is 0 Å². The lowest BCUT2D eigenvalue weighted by atomic mass is 9.84. The van der Waals surface area contributed by atoms with Crippen molar-refractivity contribution in [1.82, 2.24) is 5.32 Å². The predicted molar refractivity (Wildman–Crippen MR) is 86.9 cm³/mol. The Labute approximate surface area is 128 Å². The van der Waals surface area contributed by atoms with Gasteiger partial charge in [0.1, 0.15) is 6.04 Å². The fraction of sp³-hybridized carbons (Fsp3) is 0.562. The zero-order valence-electron chi connectivity index (χ0n) is 12.8. The molecular weight excluding hydrogens is 272 g/mol. The number of hydrogen-bond donors (Lipinski definition) is 2. The summed E-state index contributed by atoms with van der Waals surface area (Å²) in [6.45, 7) is 9.38. The minimum absolute atomic E-state index is 0. The van der Waals surface area contributed by atoms with Crippen molar-refractivity contribution >= 4 is 18.3 Å². The van der Waals surface area contributed by atoms with E-state index < -0.39 is 6.04 Å². The Bertz CT molecular complexity index is 404. The summed E-state index contributed by atoms with van der Waals surface area (Å²) in [5, 5.41) is 2.96. The lowest BCUT2D eigenvalue weighted by Gasteiger charge is -2.27. The summed E-state index contributed by atoms with van der Waals surface area (Å²) in [7, 11) is 0. The molecule has 1 amide bonds. The molecule has 0 heterocycles. The lowest BCUT2D eigenvalue weighted by molar-refractivity contribution is -0.123. The number of halogens is 1. The summed E-state index contributed by atoms with van der Waals surface area (Å²) in [5.74, 6) is 0.512. The van der Waals surface area contributed by atoms with Crippen LogP contribution in [0, 0.1) is 11.3 Å². The van der Waals surface area contributed by atoms with E-state index in [0.29, 0.717) is 12.5 Å². The molecule has 3 nitrogen and oxygen atoms in total. The van der Waals surface area contributed by atoms with Gasteiger partial charge in [0.15, 0.2) is 0 Å². The van der Waals surface area contributed by atoms with Gasteiger partial charge in [-0.05, 0) is 23.3 Å². The Morgan fingerprint density at radius 2 is 1.80 bits per heavy atom. The maximum Gasteiger partial charge on any atom is 0.241 e. The van der Waals surface area contributed by atoms with Gasteiger partial charge < -0.3 is 11.1 Å². The highest BCUT2D eigenvalue weighted by Crippen LogP contribution is 2.24. The SMILES string of the molecule is CC(C)CC(C)(C)CNC(=O)C(N)c1ccccc1.Cl. The van der Waals surface area contributed by atoms with Gasteiger partial charge in [-0.1, -0.05) is 58.0 Å². The number of carbonyl (C=O) groups is 1. The molecule has 1 aromatic rings. The molecule has 0 aliphatic heterocycles. The number of nitrogens with two attached hydrogens (primary N) is 1. The summed E-state index contributed by atoms with van der Waals surface area (Å²) >= 11 is 0. The molecule has 0 aliphatic carbocycles. The monoisotopic (exact) mass is 298 g/mol. The molecule has 0 fully saturated rings. The average Bonchev–Trinajstić information content (AvgIpc) is 2.34. The van der Waals surface area contributed by atoms with Gasteiger partial charge in [-0.2, -0.15) is 0 Å². The summed E-state index contributed by atoms with van der Waals surface area (Å²) in [6, 6.07) is 8.87. The number of benzene rings is 1. The maximum absolute atomic E-state index is 12.0. The maximum atomic E-state index is 12.0. The second kappa shape index (κ2) is 8.28. The molecule has 0 saturated carbocycles. The zero-order valence-corrected chi connectivity index (χ0v) is 13.7. The number of amides is 1. The van der Waals surface area contributed by atoms with E-state index in [4.69, 9.17) is 5.73 Å². The Morgan fingerprint density at radius 1 is 1.25 bits per heavy atom. The van der Waals surface area contributed by atoms with Gasteiger partial charge in [-0.15, -0.1) is 12.4 Å². The number of nitrogens with one attached hydrogen (secondary N) is 1. The molecule has 1 unspecified atom stereocenters. The van der Waals surface area contributed by atoms with Crippen LogP contribution in [0.5, 0.6) is 0 Å². The van der Waals surface area contributed by atoms with Crippen LogP contribution in [-0.4, -0.2) is 12.5 Å². The second-order valence-corrected chi connectivity index (χ2v) is 6.37. The first-order valence-electron chi connectivity index (χ1n) is 6.90. The molecule has 4 heteroatoms. The molecule has 0 radical (unpaired) electrons. The summed E-state index contributed by atoms with van der Waals surface area (Å²) in [5.41, 5.74) is 6.90. The van der Waals surface area contributed by atoms with E-state index in [1.807, 2.05) is 30.3 Å². The third-order valence-corrected chi connectivity index (χ3v) is 3.14. The van der Waals surface area contributed by atoms with Crippen molar-refractivity contribution in [3.63, 3.8) is 0 Å². The van der Waals surface area contributed by atoms with Gasteiger partial charge in [-0.25, -0.2) is 0 Å². The van der Waals surface area contributed by atoms with Crippen LogP contribution in [0.1, 0.15) is 45.7 Å². The molecule has 0 aromatic heterocycles. The fourth-order valence-electron chi connectivity index (χ4n) is 2.43. The van der Waals surface area contributed by atoms with E-state index in [1.165, 1.54) is 0 Å². The van der Waals surface area contributed by atoms with Crippen LogP contribution >= 0.6 is 12.4 Å². The van der Waals surface area contributed by atoms with Gasteiger partial charge >= 0.3 is 0 Å². The number of carbonyl (C=O) groups excluding carboxylic acids is 1. The van der Waals surface area contributed by atoms with E-state index in [-0.39, 0.29) is 23.7 Å². The molecule has 0 aliphatic rings. The standard InChI is InChI=1S/C16H26N2O.ClH/c1-12(2)10-16(3,4)11-18-15(19)14(17)13-8-6-5-7-9-13;/h5-9,12,14H,10-11,17H2,1-4H3,(H,18,19);1H. The van der Waals surface area contributed by atoms with E-state index >= 15 is 0 Å². The quantitative estimate of drug-likeness (QED) is 0.846. The normalized spacial score (nSPS) is 12.7. The molecule has 20 heavy (non-hydrogen) atoms. The summed E-state index contributed by atoms with van der Waals surface area (Å²) in [6.07, 6.45) is 1.08. The van der Waals surface area contributed by atoms with Gasteiger partial charge in [0.25, 0.3) is 0 Å². The van der Waals surface area contributed by atoms with Crippen molar-refractivity contribution in [2.45, 2.75) is 40.2 Å². The first-order chi connectivity index (χ1) is 8.82. The van der Waals surface area contributed by atoms with Gasteiger partial charge in [-0.3, -0.25) is 4.79 Å². The predicted octanol–water partition coefficient (Wildman–Crippen LogP) is 3.30. The minimum atomic E-state index is -0.587. The van der Waals surface area contributed by atoms with Crippen molar-refractivity contribution in [2.24, 2.45) is 17.1 Å². The summed E-state index contributed by atoms with van der Waals surface area (Å²) in [4.78, 5) is 12.0. The smallest absolute Gasteiger partial charge is 0.241 e. The largest absolute Gasteiger partial charge is 0.354 e. The second-order valence-electron chi connectivity index (χ2n) is 6.37. The molecule has 3 N–H and O–H groups in total. The molecule has 0 saturated heterocycles. The van der Waals surface area contributed by atoms with Crippen molar-refractivity contribution in [2.75, 3.05) is 6.54 Å². The van der Waals surface area contributed by atoms with Crippen molar-refractivity contribution in [1.29, 1.82) is 0 Å². The molecule has 1 atom stereocenters. The van der Waals surface area contributed by atoms with E-state index in [0.717, 1.165) is 12.0 Å². The zero-order chi connectivity index (χ0) is 14.5. The van der Waals surface area contributed by atoms with Crippen LogP contribution in [0.25, 0.3) is 0 Å². The third-order valence-electron chi connectivity index (χ3n) is 3.14. The molecular formula is C16H27ClN2O. The Kier molecular flexibility index (Phi) is 7.84. The van der Waals surface area contributed by atoms with Crippen molar-refractivity contribution in [3.8, 4) is 0 Å². The molecule has 0 spiro atoms. The highest BCUT2D eigenvalue weighted by atomic mass is 35.5. The Balaban J connectivity index is 0.00000361. The van der Waals surface area contributed by atoms with Gasteiger partial charge in [0, 0.05) is 6.54 Å². The van der Waals surface area contributed by atoms with Gasteiger partial charge in [0.05, 0.1) is 0 Å². The Morgan fingerprint density at radius 3 is 2.30 bits per heavy atom. The van der Waals surface area contributed by atoms with Crippen LogP contribution in [0.15, 0.2) is 30.3 Å². The van der Waals surface area contributed by atoms with Crippen LogP contribution in [-0.2, 0) is 4.79 Å².